The van der Waals surface area contributed by atoms with Crippen LogP contribution in [0.2, 0.25) is 0 Å². The minimum absolute atomic E-state index is 0.0735. The maximum atomic E-state index is 12.5. The Kier molecular flexibility index (Phi) is 62.8. The van der Waals surface area contributed by atoms with Gasteiger partial charge in [-0.25, -0.2) is 0 Å². The van der Waals surface area contributed by atoms with Crippen LogP contribution in [0.15, 0.2) is 109 Å². The SMILES string of the molecule is CC/C=C\C/C=C\C/C=C\C/C=C\C/C=C\C/C=C\C/C=C\C/C=C\CCCCCCCCCCC(=O)NC(CO)C(O)/C=C/CCCCCCCCCCCCCCCCCCCCCCCCCCCCCC. The summed E-state index contributed by atoms with van der Waals surface area (Å²) in [5, 5.41) is 23.3. The van der Waals surface area contributed by atoms with E-state index >= 15 is 0 Å². The van der Waals surface area contributed by atoms with Gasteiger partial charge in [-0.15, -0.1) is 0 Å². The Labute approximate surface area is 467 Å². The van der Waals surface area contributed by atoms with Crippen LogP contribution >= 0.6 is 0 Å². The number of carbonyl (C=O) groups excluding carboxylic acids is 1. The highest BCUT2D eigenvalue weighted by Gasteiger charge is 2.18. The third-order valence-electron chi connectivity index (χ3n) is 14.5. The number of aliphatic hydroxyl groups is 2. The van der Waals surface area contributed by atoms with Gasteiger partial charge >= 0.3 is 0 Å². The summed E-state index contributed by atoms with van der Waals surface area (Å²) in [5.41, 5.74) is 0. The van der Waals surface area contributed by atoms with Crippen molar-refractivity contribution in [2.75, 3.05) is 6.61 Å². The van der Waals surface area contributed by atoms with Crippen LogP contribution in [0.5, 0.6) is 0 Å². The topological polar surface area (TPSA) is 69.6 Å². The van der Waals surface area contributed by atoms with Gasteiger partial charge in [0.05, 0.1) is 18.8 Å². The Bertz CT molecular complexity index is 1410. The second-order valence-electron chi connectivity index (χ2n) is 21.8. The van der Waals surface area contributed by atoms with Gasteiger partial charge in [0, 0.05) is 6.42 Å². The molecular weight excluding hydrogens is 915 g/mol. The molecule has 1 amide bonds. The first-order chi connectivity index (χ1) is 37.2. The third-order valence-corrected chi connectivity index (χ3v) is 14.5. The molecule has 0 aromatic carbocycles. The predicted octanol–water partition coefficient (Wildman–Crippen LogP) is 22.2. The molecule has 0 aliphatic rings. The Balaban J connectivity index is 3.55. The lowest BCUT2D eigenvalue weighted by atomic mass is 10.0. The summed E-state index contributed by atoms with van der Waals surface area (Å²) in [7, 11) is 0. The van der Waals surface area contributed by atoms with Crippen molar-refractivity contribution in [3.8, 4) is 0 Å². The van der Waals surface area contributed by atoms with E-state index in [1.54, 1.807) is 6.08 Å². The summed E-state index contributed by atoms with van der Waals surface area (Å²) >= 11 is 0. The van der Waals surface area contributed by atoms with Gasteiger partial charge in [-0.3, -0.25) is 4.79 Å². The molecule has 2 atom stereocenters. The number of amides is 1. The summed E-state index contributed by atoms with van der Waals surface area (Å²) in [5.74, 6) is -0.0735. The molecule has 4 nitrogen and oxygen atoms in total. The molecule has 4 heteroatoms. The van der Waals surface area contributed by atoms with E-state index in [4.69, 9.17) is 0 Å². The largest absolute Gasteiger partial charge is 0.394 e. The van der Waals surface area contributed by atoms with Crippen LogP contribution in [-0.2, 0) is 4.79 Å². The molecule has 0 saturated heterocycles. The Morgan fingerprint density at radius 1 is 0.333 bits per heavy atom. The van der Waals surface area contributed by atoms with Gasteiger partial charge in [0.25, 0.3) is 0 Å². The van der Waals surface area contributed by atoms with Crippen molar-refractivity contribution >= 4 is 5.91 Å². The number of hydrogen-bond donors (Lipinski definition) is 3. The molecule has 0 spiro atoms. The van der Waals surface area contributed by atoms with E-state index in [9.17, 15) is 15.0 Å². The van der Waals surface area contributed by atoms with E-state index in [0.29, 0.717) is 6.42 Å². The lowest BCUT2D eigenvalue weighted by molar-refractivity contribution is -0.123. The lowest BCUT2D eigenvalue weighted by Gasteiger charge is -2.20. The zero-order valence-electron chi connectivity index (χ0n) is 49.8. The molecule has 432 valence electrons. The Morgan fingerprint density at radius 3 is 0.880 bits per heavy atom. The zero-order chi connectivity index (χ0) is 54.1. The minimum atomic E-state index is -0.852. The van der Waals surface area contributed by atoms with Crippen LogP contribution in [0.3, 0.4) is 0 Å². The van der Waals surface area contributed by atoms with E-state index in [-0.39, 0.29) is 12.5 Å². The molecule has 0 fully saturated rings. The second kappa shape index (κ2) is 65.3. The fourth-order valence-electron chi connectivity index (χ4n) is 9.61. The van der Waals surface area contributed by atoms with Crippen molar-refractivity contribution < 1.29 is 15.0 Å². The molecule has 0 aromatic rings. The monoisotopic (exact) mass is 1040 g/mol. The van der Waals surface area contributed by atoms with Crippen molar-refractivity contribution in [1.29, 1.82) is 0 Å². The van der Waals surface area contributed by atoms with Gasteiger partial charge < -0.3 is 15.5 Å². The van der Waals surface area contributed by atoms with Crippen molar-refractivity contribution in [1.82, 2.24) is 5.32 Å². The van der Waals surface area contributed by atoms with Crippen LogP contribution < -0.4 is 5.32 Å². The fraction of sp³-hybridized carbons (Fsp3) is 0.732. The summed E-state index contributed by atoms with van der Waals surface area (Å²) in [6, 6.07) is -0.636. The molecule has 0 aliphatic heterocycles. The van der Waals surface area contributed by atoms with Crippen LogP contribution in [0.1, 0.15) is 316 Å². The summed E-state index contributed by atoms with van der Waals surface area (Å²) < 4.78 is 0. The van der Waals surface area contributed by atoms with E-state index in [1.165, 1.54) is 205 Å². The molecule has 0 aliphatic carbocycles. The van der Waals surface area contributed by atoms with Crippen molar-refractivity contribution in [2.45, 2.75) is 328 Å². The van der Waals surface area contributed by atoms with Gasteiger partial charge in [-0.05, 0) is 83.5 Å². The highest BCUT2D eigenvalue weighted by molar-refractivity contribution is 5.76. The summed E-state index contributed by atoms with van der Waals surface area (Å²) in [6.07, 6.45) is 98.5. The average Bonchev–Trinajstić information content (AvgIpc) is 3.41. The van der Waals surface area contributed by atoms with Crippen molar-refractivity contribution in [3.05, 3.63) is 109 Å². The van der Waals surface area contributed by atoms with Gasteiger partial charge in [-0.2, -0.15) is 0 Å². The van der Waals surface area contributed by atoms with Gasteiger partial charge in [0.15, 0.2) is 0 Å². The lowest BCUT2D eigenvalue weighted by Crippen LogP contribution is -2.45. The van der Waals surface area contributed by atoms with Gasteiger partial charge in [0.2, 0.25) is 5.91 Å². The van der Waals surface area contributed by atoms with Crippen molar-refractivity contribution in [3.63, 3.8) is 0 Å². The number of unbranched alkanes of at least 4 members (excludes halogenated alkanes) is 36. The highest BCUT2D eigenvalue weighted by Crippen LogP contribution is 2.17. The number of aliphatic hydroxyl groups excluding tert-OH is 2. The predicted molar refractivity (Wildman–Crippen MR) is 336 cm³/mol. The Hall–Kier alpha value is -2.95. The van der Waals surface area contributed by atoms with E-state index in [2.05, 4.69) is 116 Å². The maximum absolute atomic E-state index is 12.5. The molecule has 0 aromatic heterocycles. The van der Waals surface area contributed by atoms with Crippen LogP contribution in [0, 0.1) is 0 Å². The van der Waals surface area contributed by atoms with Crippen LogP contribution in [0.25, 0.3) is 0 Å². The number of allylic oxidation sites excluding steroid dienone is 17. The van der Waals surface area contributed by atoms with Crippen LogP contribution in [0.4, 0.5) is 0 Å². The maximum Gasteiger partial charge on any atom is 0.220 e. The zero-order valence-corrected chi connectivity index (χ0v) is 49.8. The third kappa shape index (κ3) is 61.8. The van der Waals surface area contributed by atoms with E-state index < -0.39 is 12.1 Å². The van der Waals surface area contributed by atoms with Gasteiger partial charge in [-0.1, -0.05) is 335 Å². The minimum Gasteiger partial charge on any atom is -0.394 e. The first kappa shape index (κ1) is 72.0. The van der Waals surface area contributed by atoms with Crippen molar-refractivity contribution in [2.24, 2.45) is 0 Å². The molecule has 0 rings (SSSR count). The number of hydrogen-bond acceptors (Lipinski definition) is 3. The normalized spacial score (nSPS) is 13.5. The number of rotatable bonds is 59. The summed E-state index contributed by atoms with van der Waals surface area (Å²) in [4.78, 5) is 12.5. The van der Waals surface area contributed by atoms with Crippen LogP contribution in [-0.4, -0.2) is 34.9 Å². The molecule has 75 heavy (non-hydrogen) atoms. The number of nitrogens with one attached hydrogen (secondary N) is 1. The molecule has 0 radical (unpaired) electrons. The summed E-state index contributed by atoms with van der Waals surface area (Å²) in [6.45, 7) is 4.21. The molecule has 0 heterocycles. The Morgan fingerprint density at radius 2 is 0.587 bits per heavy atom. The first-order valence-corrected chi connectivity index (χ1v) is 32.6. The molecular formula is C71H125NO3. The van der Waals surface area contributed by atoms with E-state index in [1.807, 2.05) is 6.08 Å². The smallest absolute Gasteiger partial charge is 0.220 e. The molecule has 2 unspecified atom stereocenters. The molecule has 0 bridgehead atoms. The fourth-order valence-corrected chi connectivity index (χ4v) is 9.61. The standard InChI is InChI=1S/C71H125NO3/c1-3-5-7-9-11-13-15-17-19-21-23-25-27-29-31-33-35-36-37-39-41-43-45-47-49-51-53-55-57-59-61-63-65-67-71(75)72-69(68-73)70(74)66-64-62-60-58-56-54-52-50-48-46-44-42-40-38-34-32-30-28-26-24-22-20-18-16-14-12-10-8-6-4-2/h5,7,11,13,17,19,23,25,29,31,35-36,39,41,45,47,64,66,69-70,73-74H,3-4,6,8-10,12,14-16,18,20-22,24,26-28,30,32-34,37-38,40,42-44,46,48-63,65,67-68H2,1-2H3,(H,72,75)/b7-5-,13-11-,19-17-,25-23-,31-29-,36-35-,41-39-,47-45-,66-64+. The average molecular weight is 1040 g/mol. The first-order valence-electron chi connectivity index (χ1n) is 32.6. The molecule has 0 saturated carbocycles. The molecule has 3 N–H and O–H groups in total. The number of carbonyl (C=O) groups is 1. The van der Waals surface area contributed by atoms with E-state index in [0.717, 1.165) is 89.9 Å². The highest BCUT2D eigenvalue weighted by atomic mass is 16.3. The second-order valence-corrected chi connectivity index (χ2v) is 21.8. The quantitative estimate of drug-likeness (QED) is 0.0420. The van der Waals surface area contributed by atoms with Gasteiger partial charge in [0.1, 0.15) is 0 Å².